The maximum Gasteiger partial charge on any atom is 0.147 e. The summed E-state index contributed by atoms with van der Waals surface area (Å²) >= 11 is 0. The van der Waals surface area contributed by atoms with Crippen molar-refractivity contribution in [3.05, 3.63) is 35.9 Å². The molecule has 0 aliphatic carbocycles. The van der Waals surface area contributed by atoms with Gasteiger partial charge < -0.3 is 0 Å². The van der Waals surface area contributed by atoms with E-state index in [1.54, 1.807) is 0 Å². The highest BCUT2D eigenvalue weighted by molar-refractivity contribution is 5.81. The van der Waals surface area contributed by atoms with Gasteiger partial charge in [-0.3, -0.25) is 9.69 Å². The SMILES string of the molecule is CC1CC(=O)CN(Cc2ccccc2)C1C. The molecule has 1 aliphatic heterocycles. The Labute approximate surface area is 97.3 Å². The van der Waals surface area contributed by atoms with E-state index in [-0.39, 0.29) is 0 Å². The van der Waals surface area contributed by atoms with Crippen molar-refractivity contribution in [2.75, 3.05) is 6.54 Å². The molecule has 2 atom stereocenters. The summed E-state index contributed by atoms with van der Waals surface area (Å²) in [5.74, 6) is 0.853. The van der Waals surface area contributed by atoms with Crippen molar-refractivity contribution in [3.8, 4) is 0 Å². The van der Waals surface area contributed by atoms with Crippen LogP contribution in [0.5, 0.6) is 0 Å². The first-order valence-corrected chi connectivity index (χ1v) is 5.96. The van der Waals surface area contributed by atoms with Crippen molar-refractivity contribution >= 4 is 5.78 Å². The molecule has 1 aliphatic rings. The number of rotatable bonds is 2. The van der Waals surface area contributed by atoms with E-state index in [0.29, 0.717) is 24.3 Å². The summed E-state index contributed by atoms with van der Waals surface area (Å²) in [6.07, 6.45) is 0.743. The van der Waals surface area contributed by atoms with Gasteiger partial charge in [-0.1, -0.05) is 37.3 Å². The highest BCUT2D eigenvalue weighted by atomic mass is 16.1. The molecule has 0 N–H and O–H groups in total. The van der Waals surface area contributed by atoms with Crippen molar-refractivity contribution in [3.63, 3.8) is 0 Å². The first-order valence-electron chi connectivity index (χ1n) is 5.96. The zero-order valence-electron chi connectivity index (χ0n) is 10.0. The number of piperidine rings is 1. The maximum atomic E-state index is 11.6. The van der Waals surface area contributed by atoms with Crippen LogP contribution in [0.15, 0.2) is 30.3 Å². The summed E-state index contributed by atoms with van der Waals surface area (Å²) in [4.78, 5) is 13.9. The zero-order valence-corrected chi connectivity index (χ0v) is 10.0. The van der Waals surface area contributed by atoms with Gasteiger partial charge in [0.15, 0.2) is 0 Å². The van der Waals surface area contributed by atoms with Crippen LogP contribution in [0.2, 0.25) is 0 Å². The topological polar surface area (TPSA) is 20.3 Å². The Morgan fingerprint density at radius 2 is 1.94 bits per heavy atom. The molecule has 1 heterocycles. The molecule has 0 amide bonds. The summed E-state index contributed by atoms with van der Waals surface area (Å²) in [7, 11) is 0. The van der Waals surface area contributed by atoms with Crippen LogP contribution in [-0.2, 0) is 11.3 Å². The van der Waals surface area contributed by atoms with Crippen LogP contribution in [0.4, 0.5) is 0 Å². The Morgan fingerprint density at radius 1 is 1.25 bits per heavy atom. The van der Waals surface area contributed by atoms with Gasteiger partial charge in [0, 0.05) is 19.0 Å². The summed E-state index contributed by atoms with van der Waals surface area (Å²) in [5.41, 5.74) is 1.29. The van der Waals surface area contributed by atoms with Gasteiger partial charge in [0.2, 0.25) is 0 Å². The van der Waals surface area contributed by atoms with Crippen LogP contribution >= 0.6 is 0 Å². The summed E-state index contributed by atoms with van der Waals surface area (Å²) in [5, 5.41) is 0. The lowest BCUT2D eigenvalue weighted by Gasteiger charge is -2.37. The van der Waals surface area contributed by atoms with E-state index in [1.807, 2.05) is 6.07 Å². The molecule has 0 spiro atoms. The van der Waals surface area contributed by atoms with Gasteiger partial charge in [-0.25, -0.2) is 0 Å². The summed E-state index contributed by atoms with van der Waals surface area (Å²) in [6.45, 7) is 5.89. The van der Waals surface area contributed by atoms with Crippen molar-refractivity contribution < 1.29 is 4.79 Å². The number of hydrogen-bond donors (Lipinski definition) is 0. The number of hydrogen-bond acceptors (Lipinski definition) is 2. The molecule has 86 valence electrons. The molecule has 1 fully saturated rings. The third-order valence-electron chi connectivity index (χ3n) is 3.56. The average Bonchev–Trinajstić information content (AvgIpc) is 2.27. The van der Waals surface area contributed by atoms with E-state index >= 15 is 0 Å². The minimum Gasteiger partial charge on any atom is -0.298 e. The first kappa shape index (κ1) is 11.3. The molecule has 1 saturated heterocycles. The fourth-order valence-electron chi connectivity index (χ4n) is 2.34. The van der Waals surface area contributed by atoms with Crippen molar-refractivity contribution in [2.24, 2.45) is 5.92 Å². The van der Waals surface area contributed by atoms with Crippen molar-refractivity contribution in [1.82, 2.24) is 4.90 Å². The second kappa shape index (κ2) is 4.79. The Hall–Kier alpha value is -1.15. The minimum atomic E-state index is 0.376. The lowest BCUT2D eigenvalue weighted by molar-refractivity contribution is -0.125. The van der Waals surface area contributed by atoms with Crippen LogP contribution in [0.25, 0.3) is 0 Å². The smallest absolute Gasteiger partial charge is 0.147 e. The lowest BCUT2D eigenvalue weighted by Crippen LogP contribution is -2.46. The van der Waals surface area contributed by atoms with Gasteiger partial charge in [0.05, 0.1) is 6.54 Å². The second-order valence-corrected chi connectivity index (χ2v) is 4.85. The van der Waals surface area contributed by atoms with Gasteiger partial charge in [0.1, 0.15) is 5.78 Å². The third kappa shape index (κ3) is 2.50. The second-order valence-electron chi connectivity index (χ2n) is 4.85. The van der Waals surface area contributed by atoms with Gasteiger partial charge in [-0.2, -0.15) is 0 Å². The van der Waals surface area contributed by atoms with Crippen LogP contribution < -0.4 is 0 Å². The van der Waals surface area contributed by atoms with Gasteiger partial charge >= 0.3 is 0 Å². The largest absolute Gasteiger partial charge is 0.298 e. The Balaban J connectivity index is 2.06. The lowest BCUT2D eigenvalue weighted by atomic mass is 9.91. The molecule has 1 aromatic carbocycles. The molecule has 0 aromatic heterocycles. The molecule has 2 nitrogen and oxygen atoms in total. The highest BCUT2D eigenvalue weighted by Gasteiger charge is 2.29. The molecule has 0 bridgehead atoms. The molecule has 2 unspecified atom stereocenters. The molecule has 1 aromatic rings. The van der Waals surface area contributed by atoms with Crippen LogP contribution in [0, 0.1) is 5.92 Å². The van der Waals surface area contributed by atoms with Gasteiger partial charge in [-0.05, 0) is 18.4 Å². The van der Waals surface area contributed by atoms with E-state index in [9.17, 15) is 4.79 Å². The fraction of sp³-hybridized carbons (Fsp3) is 0.500. The van der Waals surface area contributed by atoms with E-state index in [4.69, 9.17) is 0 Å². The Kier molecular flexibility index (Phi) is 3.39. The highest BCUT2D eigenvalue weighted by Crippen LogP contribution is 2.22. The molecular weight excluding hydrogens is 198 g/mol. The van der Waals surface area contributed by atoms with Crippen LogP contribution in [0.1, 0.15) is 25.8 Å². The predicted octanol–water partition coefficient (Wildman–Crippen LogP) is 2.49. The number of carbonyl (C=O) groups is 1. The molecule has 0 radical (unpaired) electrons. The van der Waals surface area contributed by atoms with E-state index < -0.39 is 0 Å². The monoisotopic (exact) mass is 217 g/mol. The molecule has 16 heavy (non-hydrogen) atoms. The zero-order chi connectivity index (χ0) is 11.5. The molecular formula is C14H19NO. The van der Waals surface area contributed by atoms with E-state index in [1.165, 1.54) is 5.56 Å². The van der Waals surface area contributed by atoms with Crippen LogP contribution in [-0.4, -0.2) is 23.3 Å². The Bertz CT molecular complexity index is 360. The van der Waals surface area contributed by atoms with E-state index in [0.717, 1.165) is 13.0 Å². The van der Waals surface area contributed by atoms with E-state index in [2.05, 4.69) is 43.0 Å². The Morgan fingerprint density at radius 3 is 2.62 bits per heavy atom. The number of ketones is 1. The number of carbonyl (C=O) groups excluding carboxylic acids is 1. The standard InChI is InChI=1S/C14H19NO/c1-11-8-14(16)10-15(12(11)2)9-13-6-4-3-5-7-13/h3-7,11-12H,8-10H2,1-2H3. The van der Waals surface area contributed by atoms with Gasteiger partial charge in [-0.15, -0.1) is 0 Å². The predicted molar refractivity (Wildman–Crippen MR) is 65.1 cm³/mol. The first-order chi connectivity index (χ1) is 7.66. The summed E-state index contributed by atoms with van der Waals surface area (Å²) in [6, 6.07) is 10.9. The minimum absolute atomic E-state index is 0.376. The summed E-state index contributed by atoms with van der Waals surface area (Å²) < 4.78 is 0. The fourth-order valence-corrected chi connectivity index (χ4v) is 2.34. The number of Topliss-reactive ketones (excluding diaryl/α,β-unsaturated/α-hetero) is 1. The van der Waals surface area contributed by atoms with Gasteiger partial charge in [0.25, 0.3) is 0 Å². The molecule has 0 saturated carbocycles. The average molecular weight is 217 g/mol. The number of nitrogens with zero attached hydrogens (tertiary/aromatic N) is 1. The number of likely N-dealkylation sites (tertiary alicyclic amines) is 1. The molecule has 2 rings (SSSR count). The maximum absolute atomic E-state index is 11.6. The van der Waals surface area contributed by atoms with Crippen molar-refractivity contribution in [2.45, 2.75) is 32.9 Å². The normalized spacial score (nSPS) is 27.0. The third-order valence-corrected chi connectivity index (χ3v) is 3.56. The van der Waals surface area contributed by atoms with Crippen molar-refractivity contribution in [1.29, 1.82) is 0 Å². The number of benzene rings is 1. The molecule has 2 heteroatoms. The van der Waals surface area contributed by atoms with Crippen LogP contribution in [0.3, 0.4) is 0 Å². The quantitative estimate of drug-likeness (QED) is 0.758.